The van der Waals surface area contributed by atoms with Crippen LogP contribution in [-0.4, -0.2) is 26.1 Å². The first-order valence-electron chi connectivity index (χ1n) is 7.92. The van der Waals surface area contributed by atoms with Crippen molar-refractivity contribution in [2.45, 2.75) is 38.8 Å². The summed E-state index contributed by atoms with van der Waals surface area (Å²) in [6.45, 7) is 2.79. The maximum absolute atomic E-state index is 13.5. The van der Waals surface area contributed by atoms with Crippen LogP contribution in [0.2, 0.25) is 0 Å². The number of benzene rings is 1. The number of carbonyl (C=O) groups is 1. The van der Waals surface area contributed by atoms with Gasteiger partial charge >= 0.3 is 0 Å². The van der Waals surface area contributed by atoms with Gasteiger partial charge in [-0.3, -0.25) is 4.79 Å². The molecule has 23 heavy (non-hydrogen) atoms. The first-order chi connectivity index (χ1) is 10.7. The molecule has 0 bridgehead atoms. The zero-order valence-electron chi connectivity index (χ0n) is 13.6. The number of halogens is 2. The van der Waals surface area contributed by atoms with Gasteiger partial charge in [-0.1, -0.05) is 6.07 Å². The lowest BCUT2D eigenvalue weighted by Crippen LogP contribution is -2.29. The van der Waals surface area contributed by atoms with Crippen molar-refractivity contribution in [2.75, 3.05) is 20.2 Å². The molecule has 6 heteroatoms. The molecule has 1 heterocycles. The minimum absolute atomic E-state index is 0. The van der Waals surface area contributed by atoms with Crippen LogP contribution in [0.25, 0.3) is 0 Å². The first-order valence-corrected chi connectivity index (χ1v) is 7.92. The van der Waals surface area contributed by atoms with E-state index >= 15 is 0 Å². The van der Waals surface area contributed by atoms with Gasteiger partial charge in [-0.05, 0) is 56.0 Å². The van der Waals surface area contributed by atoms with E-state index in [1.165, 1.54) is 13.2 Å². The number of nitrogens with one attached hydrogen (secondary N) is 2. The van der Waals surface area contributed by atoms with Crippen molar-refractivity contribution in [3.63, 3.8) is 0 Å². The summed E-state index contributed by atoms with van der Waals surface area (Å²) in [5.41, 5.74) is 1.41. The summed E-state index contributed by atoms with van der Waals surface area (Å²) in [6, 6.07) is 4.86. The Kier molecular flexibility index (Phi) is 9.14. The molecule has 1 aromatic carbocycles. The number of hydrogen-bond acceptors (Lipinski definition) is 3. The van der Waals surface area contributed by atoms with Gasteiger partial charge in [-0.2, -0.15) is 0 Å². The van der Waals surface area contributed by atoms with Crippen LogP contribution in [0.5, 0.6) is 0 Å². The molecular weight excluding hydrogens is 319 g/mol. The average molecular weight is 345 g/mol. The number of hydrogen-bond donors (Lipinski definition) is 2. The summed E-state index contributed by atoms with van der Waals surface area (Å²) in [4.78, 5) is 11.9. The lowest BCUT2D eigenvalue weighted by atomic mass is 9.93. The largest absolute Gasteiger partial charge is 0.380 e. The number of rotatable bonds is 7. The molecule has 0 aliphatic carbocycles. The highest BCUT2D eigenvalue weighted by atomic mass is 35.5. The predicted molar refractivity (Wildman–Crippen MR) is 91.0 cm³/mol. The lowest BCUT2D eigenvalue weighted by Gasteiger charge is -2.22. The molecule has 2 N–H and O–H groups in total. The third-order valence-electron chi connectivity index (χ3n) is 4.14. The van der Waals surface area contributed by atoms with Crippen molar-refractivity contribution in [2.24, 2.45) is 5.92 Å². The van der Waals surface area contributed by atoms with Gasteiger partial charge < -0.3 is 15.4 Å². The molecule has 0 spiro atoms. The molecule has 0 saturated carbocycles. The highest BCUT2D eigenvalue weighted by Crippen LogP contribution is 2.17. The van der Waals surface area contributed by atoms with Crippen LogP contribution in [0.4, 0.5) is 4.39 Å². The van der Waals surface area contributed by atoms with E-state index in [1.807, 2.05) is 0 Å². The van der Waals surface area contributed by atoms with Crippen molar-refractivity contribution in [3.05, 3.63) is 35.1 Å². The quantitative estimate of drug-likeness (QED) is 0.799. The average Bonchev–Trinajstić information content (AvgIpc) is 2.55. The van der Waals surface area contributed by atoms with Crippen LogP contribution in [0.1, 0.15) is 36.8 Å². The zero-order chi connectivity index (χ0) is 15.8. The second kappa shape index (κ2) is 10.6. The second-order valence-corrected chi connectivity index (χ2v) is 5.87. The van der Waals surface area contributed by atoms with Gasteiger partial charge in [0.15, 0.2) is 0 Å². The molecule has 130 valence electrons. The van der Waals surface area contributed by atoms with Crippen molar-refractivity contribution >= 4 is 18.3 Å². The van der Waals surface area contributed by atoms with E-state index in [0.717, 1.165) is 37.9 Å². The number of amides is 1. The summed E-state index contributed by atoms with van der Waals surface area (Å²) in [5, 5.41) is 6.24. The van der Waals surface area contributed by atoms with Gasteiger partial charge in [0.1, 0.15) is 5.82 Å². The normalized spacial score (nSPS) is 15.0. The smallest absolute Gasteiger partial charge is 0.220 e. The zero-order valence-corrected chi connectivity index (χ0v) is 14.4. The van der Waals surface area contributed by atoms with Gasteiger partial charge in [0.25, 0.3) is 0 Å². The minimum Gasteiger partial charge on any atom is -0.380 e. The van der Waals surface area contributed by atoms with Crippen molar-refractivity contribution < 1.29 is 13.9 Å². The Bertz CT molecular complexity index is 493. The third kappa shape index (κ3) is 6.85. The van der Waals surface area contributed by atoms with Gasteiger partial charge in [0.05, 0.1) is 6.61 Å². The van der Waals surface area contributed by atoms with Crippen molar-refractivity contribution in [1.29, 1.82) is 0 Å². The van der Waals surface area contributed by atoms with E-state index in [9.17, 15) is 9.18 Å². The number of carbonyl (C=O) groups excluding carboxylic acids is 1. The maximum Gasteiger partial charge on any atom is 0.220 e. The predicted octanol–water partition coefficient (Wildman–Crippen LogP) is 2.79. The van der Waals surface area contributed by atoms with Gasteiger partial charge in [-0.15, -0.1) is 12.4 Å². The Hall–Kier alpha value is -1.17. The molecule has 2 rings (SSSR count). The van der Waals surface area contributed by atoms with E-state index in [2.05, 4.69) is 10.6 Å². The highest BCUT2D eigenvalue weighted by Gasteiger charge is 2.14. The summed E-state index contributed by atoms with van der Waals surface area (Å²) < 4.78 is 18.5. The summed E-state index contributed by atoms with van der Waals surface area (Å²) >= 11 is 0. The highest BCUT2D eigenvalue weighted by molar-refractivity contribution is 5.85. The molecule has 0 unspecified atom stereocenters. The fraction of sp³-hybridized carbons (Fsp3) is 0.588. The molecule has 1 saturated heterocycles. The molecule has 1 aromatic rings. The molecular formula is C17H26ClFN2O2. The summed E-state index contributed by atoms with van der Waals surface area (Å²) in [5.74, 6) is 0.449. The van der Waals surface area contributed by atoms with E-state index in [0.29, 0.717) is 24.4 Å². The Morgan fingerprint density at radius 2 is 2.13 bits per heavy atom. The Morgan fingerprint density at radius 1 is 1.39 bits per heavy atom. The van der Waals surface area contributed by atoms with Crippen LogP contribution < -0.4 is 10.6 Å². The van der Waals surface area contributed by atoms with Crippen LogP contribution in [0.3, 0.4) is 0 Å². The maximum atomic E-state index is 13.5. The van der Waals surface area contributed by atoms with Crippen molar-refractivity contribution in [1.82, 2.24) is 10.6 Å². The van der Waals surface area contributed by atoms with Crippen LogP contribution in [0.15, 0.2) is 18.2 Å². The molecule has 0 aromatic heterocycles. The van der Waals surface area contributed by atoms with E-state index < -0.39 is 0 Å². The Morgan fingerprint density at radius 3 is 2.83 bits per heavy atom. The Labute approximate surface area is 143 Å². The third-order valence-corrected chi connectivity index (χ3v) is 4.14. The van der Waals surface area contributed by atoms with Crippen LogP contribution in [0, 0.1) is 11.7 Å². The summed E-state index contributed by atoms with van der Waals surface area (Å²) in [6.07, 6.45) is 3.83. The van der Waals surface area contributed by atoms with E-state index in [-0.39, 0.29) is 30.7 Å². The molecule has 4 nitrogen and oxygen atoms in total. The van der Waals surface area contributed by atoms with Gasteiger partial charge in [-0.25, -0.2) is 4.39 Å². The molecule has 1 amide bonds. The standard InChI is InChI=1S/C17H25FN2O2.ClH/c1-22-12-15-10-14(2-4-16(15)18)11-20-17(21)5-3-13-6-8-19-9-7-13;/h2,4,10,13,19H,3,5-9,11-12H2,1H3,(H,20,21);1H. The first kappa shape index (κ1) is 19.9. The lowest BCUT2D eigenvalue weighted by molar-refractivity contribution is -0.121. The SMILES string of the molecule is COCc1cc(CNC(=O)CCC2CCNCC2)ccc1F.Cl. The molecule has 0 atom stereocenters. The molecule has 1 fully saturated rings. The Balaban J connectivity index is 0.00000264. The number of piperidine rings is 1. The van der Waals surface area contributed by atoms with Gasteiger partial charge in [0.2, 0.25) is 5.91 Å². The molecule has 1 aliphatic heterocycles. The second-order valence-electron chi connectivity index (χ2n) is 5.87. The van der Waals surface area contributed by atoms with Crippen LogP contribution >= 0.6 is 12.4 Å². The topological polar surface area (TPSA) is 50.4 Å². The summed E-state index contributed by atoms with van der Waals surface area (Å²) in [7, 11) is 1.54. The van der Waals surface area contributed by atoms with Crippen molar-refractivity contribution in [3.8, 4) is 0 Å². The van der Waals surface area contributed by atoms with E-state index in [4.69, 9.17) is 4.74 Å². The minimum atomic E-state index is -0.275. The fourth-order valence-electron chi connectivity index (χ4n) is 2.80. The van der Waals surface area contributed by atoms with Crippen LogP contribution in [-0.2, 0) is 22.7 Å². The molecule has 1 aliphatic rings. The fourth-order valence-corrected chi connectivity index (χ4v) is 2.80. The van der Waals surface area contributed by atoms with Gasteiger partial charge in [0, 0.05) is 25.6 Å². The van der Waals surface area contributed by atoms with E-state index in [1.54, 1.807) is 12.1 Å². The number of methoxy groups -OCH3 is 1. The molecule has 0 radical (unpaired) electrons. The number of ether oxygens (including phenoxy) is 1. The monoisotopic (exact) mass is 344 g/mol.